The summed E-state index contributed by atoms with van der Waals surface area (Å²) >= 11 is 5.19. The molecular formula is C17H22N2O4S. The van der Waals surface area contributed by atoms with Gasteiger partial charge >= 0.3 is 5.97 Å². The molecule has 0 radical (unpaired) electrons. The predicted octanol–water partition coefficient (Wildman–Crippen LogP) is 1.92. The Morgan fingerprint density at radius 3 is 2.62 bits per heavy atom. The van der Waals surface area contributed by atoms with E-state index in [4.69, 9.17) is 26.4 Å². The Kier molecular flexibility index (Phi) is 6.57. The van der Waals surface area contributed by atoms with Crippen molar-refractivity contribution in [2.45, 2.75) is 13.0 Å². The molecule has 1 heterocycles. The van der Waals surface area contributed by atoms with Crippen molar-refractivity contribution in [3.63, 3.8) is 0 Å². The van der Waals surface area contributed by atoms with Gasteiger partial charge in [0, 0.05) is 12.8 Å². The van der Waals surface area contributed by atoms with Crippen molar-refractivity contribution in [1.82, 2.24) is 10.6 Å². The maximum atomic E-state index is 12.5. The van der Waals surface area contributed by atoms with Crippen LogP contribution in [0.4, 0.5) is 0 Å². The molecule has 0 bridgehead atoms. The lowest BCUT2D eigenvalue weighted by Gasteiger charge is -2.34. The third-order valence-corrected chi connectivity index (χ3v) is 3.83. The van der Waals surface area contributed by atoms with E-state index in [1.807, 2.05) is 31.2 Å². The number of carbonyl (C=O) groups excluding carboxylic acids is 1. The highest BCUT2D eigenvalue weighted by atomic mass is 32.1. The summed E-state index contributed by atoms with van der Waals surface area (Å²) < 4.78 is 15.6. The summed E-state index contributed by atoms with van der Waals surface area (Å²) in [4.78, 5) is 12.5. The Labute approximate surface area is 147 Å². The van der Waals surface area contributed by atoms with Crippen LogP contribution in [0.25, 0.3) is 0 Å². The van der Waals surface area contributed by atoms with E-state index >= 15 is 0 Å². The van der Waals surface area contributed by atoms with E-state index < -0.39 is 5.92 Å². The molecule has 7 heteroatoms. The zero-order valence-corrected chi connectivity index (χ0v) is 14.7. The monoisotopic (exact) mass is 350 g/mol. The highest BCUT2D eigenvalue weighted by Crippen LogP contribution is 2.31. The molecular weight excluding hydrogens is 328 g/mol. The van der Waals surface area contributed by atoms with Crippen LogP contribution in [-0.2, 0) is 14.3 Å². The molecule has 2 atom stereocenters. The van der Waals surface area contributed by atoms with Crippen molar-refractivity contribution in [1.29, 1.82) is 0 Å². The summed E-state index contributed by atoms with van der Waals surface area (Å²) in [7, 11) is 1.55. The summed E-state index contributed by atoms with van der Waals surface area (Å²) in [6, 6.07) is 7.18. The van der Waals surface area contributed by atoms with Crippen LogP contribution in [0, 0.1) is 5.92 Å². The molecule has 1 aliphatic heterocycles. The first-order chi connectivity index (χ1) is 11.6. The average molecular weight is 350 g/mol. The first-order valence-electron chi connectivity index (χ1n) is 7.71. The van der Waals surface area contributed by atoms with Gasteiger partial charge in [0.05, 0.1) is 19.3 Å². The number of carbonyl (C=O) groups is 1. The number of ether oxygens (including phenoxy) is 3. The zero-order valence-electron chi connectivity index (χ0n) is 13.8. The van der Waals surface area contributed by atoms with E-state index in [9.17, 15) is 4.79 Å². The zero-order chi connectivity index (χ0) is 17.5. The number of methoxy groups -OCH3 is 1. The minimum Gasteiger partial charge on any atom is -0.494 e. The van der Waals surface area contributed by atoms with Gasteiger partial charge in [0.1, 0.15) is 18.3 Å². The van der Waals surface area contributed by atoms with E-state index in [1.165, 1.54) is 0 Å². The Morgan fingerprint density at radius 1 is 1.29 bits per heavy atom. The van der Waals surface area contributed by atoms with Gasteiger partial charge in [-0.1, -0.05) is 18.7 Å². The van der Waals surface area contributed by atoms with Gasteiger partial charge < -0.3 is 24.8 Å². The van der Waals surface area contributed by atoms with E-state index in [-0.39, 0.29) is 18.6 Å². The third kappa shape index (κ3) is 4.46. The molecule has 1 aromatic carbocycles. The first-order valence-corrected chi connectivity index (χ1v) is 8.12. The van der Waals surface area contributed by atoms with Gasteiger partial charge in [0.25, 0.3) is 0 Å². The van der Waals surface area contributed by atoms with Crippen molar-refractivity contribution in [3.05, 3.63) is 42.1 Å². The Morgan fingerprint density at radius 2 is 2.00 bits per heavy atom. The Bertz CT molecular complexity index is 603. The van der Waals surface area contributed by atoms with Crippen molar-refractivity contribution in [2.75, 3.05) is 26.9 Å². The Hall–Kier alpha value is -2.12. The van der Waals surface area contributed by atoms with Gasteiger partial charge in [-0.05, 0) is 36.8 Å². The van der Waals surface area contributed by atoms with Gasteiger partial charge in [-0.2, -0.15) is 0 Å². The maximum Gasteiger partial charge on any atom is 0.317 e. The molecule has 2 rings (SSSR count). The summed E-state index contributed by atoms with van der Waals surface area (Å²) in [6.45, 7) is 6.99. The second kappa shape index (κ2) is 8.65. The highest BCUT2D eigenvalue weighted by molar-refractivity contribution is 7.80. The molecule has 0 amide bonds. The SMILES string of the molecule is C=C1NC(=S)N[C@@H](c2ccc(OCC)cc2)[C@@H]1C(=O)OCCOC. The number of thiocarbonyl (C=S) groups is 1. The van der Waals surface area contributed by atoms with Crippen LogP contribution in [-0.4, -0.2) is 38.0 Å². The largest absolute Gasteiger partial charge is 0.494 e. The normalized spacial score (nSPS) is 20.1. The minimum atomic E-state index is -0.591. The molecule has 0 spiro atoms. The predicted molar refractivity (Wildman–Crippen MR) is 94.7 cm³/mol. The first kappa shape index (κ1) is 18.2. The molecule has 1 aromatic rings. The molecule has 2 N–H and O–H groups in total. The molecule has 0 aliphatic carbocycles. The highest BCUT2D eigenvalue weighted by Gasteiger charge is 2.37. The molecule has 24 heavy (non-hydrogen) atoms. The quantitative estimate of drug-likeness (QED) is 0.442. The van der Waals surface area contributed by atoms with Gasteiger partial charge in [0.15, 0.2) is 5.11 Å². The topological polar surface area (TPSA) is 68.8 Å². The standard InChI is InChI=1S/C17H22N2O4S/c1-4-22-13-7-5-12(6-8-13)15-14(11(2)18-17(24)19-15)16(20)23-10-9-21-3/h5-8,14-15H,2,4,9-10H2,1,3H3,(H2,18,19,24)/t14-,15+/m1/s1. The van der Waals surface area contributed by atoms with Gasteiger partial charge in [-0.25, -0.2) is 0 Å². The summed E-state index contributed by atoms with van der Waals surface area (Å²) in [5, 5.41) is 6.45. The molecule has 6 nitrogen and oxygen atoms in total. The van der Waals surface area contributed by atoms with Crippen LogP contribution in [0.5, 0.6) is 5.75 Å². The van der Waals surface area contributed by atoms with Crippen LogP contribution < -0.4 is 15.4 Å². The van der Waals surface area contributed by atoms with Crippen LogP contribution in [0.3, 0.4) is 0 Å². The number of hydrogen-bond acceptors (Lipinski definition) is 5. The fraction of sp³-hybridized carbons (Fsp3) is 0.412. The van der Waals surface area contributed by atoms with Crippen molar-refractivity contribution >= 4 is 23.3 Å². The van der Waals surface area contributed by atoms with Crippen molar-refractivity contribution in [3.8, 4) is 5.75 Å². The molecule has 1 aliphatic rings. The van der Waals surface area contributed by atoms with Gasteiger partial charge in [-0.3, -0.25) is 4.79 Å². The number of hydrogen-bond donors (Lipinski definition) is 2. The van der Waals surface area contributed by atoms with E-state index in [1.54, 1.807) is 7.11 Å². The van der Waals surface area contributed by atoms with Gasteiger partial charge in [-0.15, -0.1) is 0 Å². The molecule has 0 saturated carbocycles. The molecule has 1 fully saturated rings. The molecule has 0 unspecified atom stereocenters. The number of rotatable bonds is 7. The van der Waals surface area contributed by atoms with E-state index in [2.05, 4.69) is 17.2 Å². The number of nitrogens with one attached hydrogen (secondary N) is 2. The molecule has 130 valence electrons. The van der Waals surface area contributed by atoms with Crippen LogP contribution in [0.15, 0.2) is 36.5 Å². The molecule has 0 aromatic heterocycles. The maximum absolute atomic E-state index is 12.5. The fourth-order valence-electron chi connectivity index (χ4n) is 2.49. The lowest BCUT2D eigenvalue weighted by Crippen LogP contribution is -2.51. The van der Waals surface area contributed by atoms with Crippen LogP contribution >= 0.6 is 12.2 Å². The van der Waals surface area contributed by atoms with Crippen LogP contribution in [0.1, 0.15) is 18.5 Å². The van der Waals surface area contributed by atoms with Crippen LogP contribution in [0.2, 0.25) is 0 Å². The van der Waals surface area contributed by atoms with Crippen molar-refractivity contribution in [2.24, 2.45) is 5.92 Å². The summed E-state index contributed by atoms with van der Waals surface area (Å²) in [6.07, 6.45) is 0. The summed E-state index contributed by atoms with van der Waals surface area (Å²) in [5.41, 5.74) is 1.41. The van der Waals surface area contributed by atoms with E-state index in [0.717, 1.165) is 11.3 Å². The number of benzene rings is 1. The second-order valence-corrected chi connectivity index (χ2v) is 5.65. The number of esters is 1. The molecule has 1 saturated heterocycles. The third-order valence-electron chi connectivity index (χ3n) is 3.61. The minimum absolute atomic E-state index is 0.194. The second-order valence-electron chi connectivity index (χ2n) is 5.24. The van der Waals surface area contributed by atoms with Gasteiger partial charge in [0.2, 0.25) is 0 Å². The van der Waals surface area contributed by atoms with E-state index in [0.29, 0.717) is 24.0 Å². The summed E-state index contributed by atoms with van der Waals surface area (Å²) in [5.74, 6) is -0.194. The lowest BCUT2D eigenvalue weighted by atomic mass is 9.89. The smallest absolute Gasteiger partial charge is 0.317 e. The Balaban J connectivity index is 2.19. The lowest BCUT2D eigenvalue weighted by molar-refractivity contribution is -0.149. The fourth-order valence-corrected chi connectivity index (χ4v) is 2.75. The average Bonchev–Trinajstić information content (AvgIpc) is 2.55. The van der Waals surface area contributed by atoms with Crippen molar-refractivity contribution < 1.29 is 19.0 Å².